The molecule has 18 heavy (non-hydrogen) atoms. The molecule has 104 valence electrons. The predicted molar refractivity (Wildman–Crippen MR) is 72.0 cm³/mol. The predicted octanol–water partition coefficient (Wildman–Crippen LogP) is 1.65. The number of amides is 2. The number of rotatable bonds is 6. The van der Waals surface area contributed by atoms with Gasteiger partial charge in [-0.3, -0.25) is 9.59 Å². The molecule has 1 aliphatic rings. The van der Waals surface area contributed by atoms with Crippen LogP contribution in [0.4, 0.5) is 0 Å². The zero-order valence-corrected chi connectivity index (χ0v) is 12.0. The molecule has 0 aromatic rings. The normalized spacial score (nSPS) is 20.0. The molecule has 1 rings (SSSR count). The van der Waals surface area contributed by atoms with Crippen LogP contribution in [0.2, 0.25) is 0 Å². The van der Waals surface area contributed by atoms with Crippen molar-refractivity contribution in [2.24, 2.45) is 17.8 Å². The van der Waals surface area contributed by atoms with E-state index >= 15 is 0 Å². The minimum atomic E-state index is -0.150. The third-order valence-electron chi connectivity index (χ3n) is 3.19. The molecule has 1 aliphatic heterocycles. The lowest BCUT2D eigenvalue weighted by Gasteiger charge is -2.18. The minimum Gasteiger partial charge on any atom is -0.356 e. The molecular weight excluding hydrogens is 228 g/mol. The average molecular weight is 254 g/mol. The number of hydrogen-bond acceptors (Lipinski definition) is 2. The van der Waals surface area contributed by atoms with E-state index in [0.717, 1.165) is 13.0 Å². The van der Waals surface area contributed by atoms with Crippen LogP contribution in [0, 0.1) is 17.8 Å². The third kappa shape index (κ3) is 4.67. The van der Waals surface area contributed by atoms with Crippen LogP contribution in [0.5, 0.6) is 0 Å². The average Bonchev–Trinajstić information content (AvgIpc) is 2.59. The molecule has 1 heterocycles. The van der Waals surface area contributed by atoms with Crippen LogP contribution in [0.1, 0.15) is 40.5 Å². The maximum atomic E-state index is 11.9. The summed E-state index contributed by atoms with van der Waals surface area (Å²) in [5.41, 5.74) is 0. The molecule has 0 spiro atoms. The van der Waals surface area contributed by atoms with E-state index in [1.165, 1.54) is 0 Å². The van der Waals surface area contributed by atoms with Crippen molar-refractivity contribution < 1.29 is 9.59 Å². The molecule has 1 N–H and O–H groups in total. The Morgan fingerprint density at radius 3 is 2.56 bits per heavy atom. The van der Waals surface area contributed by atoms with Gasteiger partial charge in [0.15, 0.2) is 0 Å². The molecule has 0 saturated carbocycles. The Bertz CT molecular complexity index is 300. The first-order valence-corrected chi connectivity index (χ1v) is 6.95. The van der Waals surface area contributed by atoms with E-state index in [9.17, 15) is 9.59 Å². The smallest absolute Gasteiger partial charge is 0.225 e. The summed E-state index contributed by atoms with van der Waals surface area (Å²) >= 11 is 0. The maximum Gasteiger partial charge on any atom is 0.225 e. The Labute approximate surface area is 110 Å². The highest BCUT2D eigenvalue weighted by Gasteiger charge is 2.34. The topological polar surface area (TPSA) is 49.4 Å². The van der Waals surface area contributed by atoms with Crippen LogP contribution in [-0.2, 0) is 9.59 Å². The molecule has 1 atom stereocenters. The van der Waals surface area contributed by atoms with Gasteiger partial charge in [-0.2, -0.15) is 0 Å². The maximum absolute atomic E-state index is 11.9. The second-order valence-corrected chi connectivity index (χ2v) is 6.07. The van der Waals surface area contributed by atoms with Crippen LogP contribution in [-0.4, -0.2) is 36.3 Å². The molecule has 1 fully saturated rings. The number of nitrogens with one attached hydrogen (secondary N) is 1. The first-order chi connectivity index (χ1) is 8.40. The van der Waals surface area contributed by atoms with Crippen LogP contribution >= 0.6 is 0 Å². The fourth-order valence-corrected chi connectivity index (χ4v) is 2.19. The van der Waals surface area contributed by atoms with Crippen molar-refractivity contribution in [3.8, 4) is 0 Å². The van der Waals surface area contributed by atoms with Crippen molar-refractivity contribution in [1.82, 2.24) is 10.2 Å². The summed E-state index contributed by atoms with van der Waals surface area (Å²) in [4.78, 5) is 25.5. The van der Waals surface area contributed by atoms with Crippen molar-refractivity contribution in [1.29, 1.82) is 0 Å². The van der Waals surface area contributed by atoms with Crippen molar-refractivity contribution in [2.45, 2.75) is 40.5 Å². The van der Waals surface area contributed by atoms with Gasteiger partial charge in [-0.25, -0.2) is 0 Å². The summed E-state index contributed by atoms with van der Waals surface area (Å²) in [5, 5.41) is 2.93. The van der Waals surface area contributed by atoms with Crippen LogP contribution in [0.3, 0.4) is 0 Å². The molecule has 0 aromatic heterocycles. The first kappa shape index (κ1) is 15.0. The fourth-order valence-electron chi connectivity index (χ4n) is 2.19. The van der Waals surface area contributed by atoms with E-state index < -0.39 is 0 Å². The number of hydrogen-bond donors (Lipinski definition) is 1. The summed E-state index contributed by atoms with van der Waals surface area (Å²) in [6.07, 6.45) is 1.36. The van der Waals surface area contributed by atoms with Gasteiger partial charge in [0.1, 0.15) is 0 Å². The Morgan fingerprint density at radius 1 is 1.33 bits per heavy atom. The number of likely N-dealkylation sites (tertiary alicyclic amines) is 1. The van der Waals surface area contributed by atoms with Gasteiger partial charge < -0.3 is 10.2 Å². The third-order valence-corrected chi connectivity index (χ3v) is 3.19. The Morgan fingerprint density at radius 2 is 2.00 bits per heavy atom. The second kappa shape index (κ2) is 6.76. The van der Waals surface area contributed by atoms with Crippen molar-refractivity contribution in [2.75, 3.05) is 19.6 Å². The van der Waals surface area contributed by atoms with Gasteiger partial charge in [-0.1, -0.05) is 27.7 Å². The highest BCUT2D eigenvalue weighted by molar-refractivity contribution is 5.89. The first-order valence-electron chi connectivity index (χ1n) is 6.95. The van der Waals surface area contributed by atoms with Crippen molar-refractivity contribution in [3.63, 3.8) is 0 Å². The van der Waals surface area contributed by atoms with Crippen LogP contribution in [0.25, 0.3) is 0 Å². The molecule has 0 unspecified atom stereocenters. The molecule has 0 aliphatic carbocycles. The molecule has 0 bridgehead atoms. The summed E-state index contributed by atoms with van der Waals surface area (Å²) in [6, 6.07) is 0. The van der Waals surface area contributed by atoms with E-state index in [1.54, 1.807) is 0 Å². The molecular formula is C14H26N2O2. The standard InChI is InChI=1S/C14H26N2O2/c1-10(2)5-6-15-14(18)12-7-13(17)16(9-12)8-11(3)4/h10-12H,5-9H2,1-4H3,(H,15,18)/t12-/m0/s1. The number of carbonyl (C=O) groups excluding carboxylic acids is 2. The summed E-state index contributed by atoms with van der Waals surface area (Å²) in [6.45, 7) is 10.5. The molecule has 0 radical (unpaired) electrons. The van der Waals surface area contributed by atoms with Crippen LogP contribution in [0.15, 0.2) is 0 Å². The SMILES string of the molecule is CC(C)CCNC(=O)[C@H]1CC(=O)N(CC(C)C)C1. The second-order valence-electron chi connectivity index (χ2n) is 6.07. The molecule has 0 aromatic carbocycles. The van der Waals surface area contributed by atoms with Gasteiger partial charge in [0.25, 0.3) is 0 Å². The van der Waals surface area contributed by atoms with Crippen LogP contribution < -0.4 is 5.32 Å². The van der Waals surface area contributed by atoms with Gasteiger partial charge in [-0.05, 0) is 18.3 Å². The zero-order chi connectivity index (χ0) is 13.7. The molecule has 4 nitrogen and oxygen atoms in total. The largest absolute Gasteiger partial charge is 0.356 e. The van der Waals surface area contributed by atoms with E-state index in [1.807, 2.05) is 4.90 Å². The summed E-state index contributed by atoms with van der Waals surface area (Å²) in [7, 11) is 0. The van der Waals surface area contributed by atoms with Gasteiger partial charge in [-0.15, -0.1) is 0 Å². The molecule has 2 amide bonds. The lowest BCUT2D eigenvalue weighted by atomic mass is 10.1. The summed E-state index contributed by atoms with van der Waals surface area (Å²) in [5.74, 6) is 1.05. The number of nitrogens with zero attached hydrogens (tertiary/aromatic N) is 1. The van der Waals surface area contributed by atoms with Gasteiger partial charge in [0.2, 0.25) is 11.8 Å². The van der Waals surface area contributed by atoms with Crippen molar-refractivity contribution in [3.05, 3.63) is 0 Å². The Balaban J connectivity index is 2.35. The highest BCUT2D eigenvalue weighted by Crippen LogP contribution is 2.19. The van der Waals surface area contributed by atoms with E-state index in [2.05, 4.69) is 33.0 Å². The van der Waals surface area contributed by atoms with E-state index in [4.69, 9.17) is 0 Å². The number of carbonyl (C=O) groups is 2. The molecule has 1 saturated heterocycles. The lowest BCUT2D eigenvalue weighted by Crippen LogP contribution is -2.34. The van der Waals surface area contributed by atoms with E-state index in [-0.39, 0.29) is 17.7 Å². The quantitative estimate of drug-likeness (QED) is 0.783. The molecule has 4 heteroatoms. The Hall–Kier alpha value is -1.06. The fraction of sp³-hybridized carbons (Fsp3) is 0.857. The Kier molecular flexibility index (Phi) is 5.63. The van der Waals surface area contributed by atoms with Gasteiger partial charge in [0.05, 0.1) is 5.92 Å². The van der Waals surface area contributed by atoms with E-state index in [0.29, 0.717) is 31.3 Å². The zero-order valence-electron chi connectivity index (χ0n) is 12.0. The van der Waals surface area contributed by atoms with Gasteiger partial charge >= 0.3 is 0 Å². The lowest BCUT2D eigenvalue weighted by molar-refractivity contribution is -0.129. The monoisotopic (exact) mass is 254 g/mol. The van der Waals surface area contributed by atoms with Gasteiger partial charge in [0, 0.05) is 26.1 Å². The summed E-state index contributed by atoms with van der Waals surface area (Å²) < 4.78 is 0. The highest BCUT2D eigenvalue weighted by atomic mass is 16.2. The minimum absolute atomic E-state index is 0.0373. The van der Waals surface area contributed by atoms with Crippen molar-refractivity contribution >= 4 is 11.8 Å².